The average molecular weight is 306 g/mol. The molecule has 1 N–H and O–H groups in total. The summed E-state index contributed by atoms with van der Waals surface area (Å²) in [7, 11) is 0. The van der Waals surface area contributed by atoms with E-state index in [1.54, 1.807) is 11.3 Å². The van der Waals surface area contributed by atoms with Crippen molar-refractivity contribution in [2.24, 2.45) is 0 Å². The summed E-state index contributed by atoms with van der Waals surface area (Å²) >= 11 is 1.57. The van der Waals surface area contributed by atoms with Crippen LogP contribution in [0.3, 0.4) is 0 Å². The Morgan fingerprint density at radius 2 is 2.10 bits per heavy atom. The van der Waals surface area contributed by atoms with Crippen molar-refractivity contribution in [2.75, 3.05) is 6.61 Å². The molecule has 0 saturated carbocycles. The molecule has 0 saturated heterocycles. The Bertz CT molecular complexity index is 610. The van der Waals surface area contributed by atoms with Crippen molar-refractivity contribution in [1.82, 2.24) is 5.32 Å². The van der Waals surface area contributed by atoms with E-state index in [-0.39, 0.29) is 24.2 Å². The molecule has 1 aromatic carbocycles. The van der Waals surface area contributed by atoms with E-state index in [2.05, 4.69) is 5.32 Å². The first kappa shape index (κ1) is 15.0. The van der Waals surface area contributed by atoms with E-state index >= 15 is 0 Å². The van der Waals surface area contributed by atoms with Crippen LogP contribution in [0.15, 0.2) is 41.8 Å². The monoisotopic (exact) mass is 306 g/mol. The van der Waals surface area contributed by atoms with Gasteiger partial charge in [0.1, 0.15) is 5.75 Å². The van der Waals surface area contributed by atoms with Crippen LogP contribution in [0, 0.1) is 10.1 Å². The van der Waals surface area contributed by atoms with Crippen molar-refractivity contribution in [3.05, 3.63) is 56.8 Å². The SMILES string of the molecule is C[C@H](NC(=O)COc1ccc([N+](=O)[O-])cc1)c1cccs1. The van der Waals surface area contributed by atoms with Gasteiger partial charge in [-0.3, -0.25) is 14.9 Å². The molecular weight excluding hydrogens is 292 g/mol. The number of benzene rings is 1. The summed E-state index contributed by atoms with van der Waals surface area (Å²) in [4.78, 5) is 22.9. The lowest BCUT2D eigenvalue weighted by Crippen LogP contribution is -2.30. The second-order valence-electron chi connectivity index (χ2n) is 4.34. The quantitative estimate of drug-likeness (QED) is 0.657. The van der Waals surface area contributed by atoms with Gasteiger partial charge < -0.3 is 10.1 Å². The van der Waals surface area contributed by atoms with Crippen molar-refractivity contribution >= 4 is 22.9 Å². The van der Waals surface area contributed by atoms with E-state index in [1.165, 1.54) is 24.3 Å². The van der Waals surface area contributed by atoms with Crippen LogP contribution >= 0.6 is 11.3 Å². The highest BCUT2D eigenvalue weighted by molar-refractivity contribution is 7.10. The molecule has 0 fully saturated rings. The third kappa shape index (κ3) is 4.28. The first-order valence-corrected chi connectivity index (χ1v) is 7.14. The Morgan fingerprint density at radius 1 is 1.38 bits per heavy atom. The third-order valence-corrected chi connectivity index (χ3v) is 3.82. The first-order chi connectivity index (χ1) is 10.1. The topological polar surface area (TPSA) is 81.5 Å². The summed E-state index contributed by atoms with van der Waals surface area (Å²) in [6.07, 6.45) is 0. The number of nitro groups is 1. The molecule has 0 unspecified atom stereocenters. The van der Waals surface area contributed by atoms with Gasteiger partial charge in [0, 0.05) is 17.0 Å². The number of rotatable bonds is 6. The molecule has 0 spiro atoms. The van der Waals surface area contributed by atoms with Crippen LogP contribution < -0.4 is 10.1 Å². The lowest BCUT2D eigenvalue weighted by atomic mass is 10.3. The lowest BCUT2D eigenvalue weighted by Gasteiger charge is -2.12. The number of carbonyl (C=O) groups is 1. The summed E-state index contributed by atoms with van der Waals surface area (Å²) in [5.74, 6) is 0.175. The van der Waals surface area contributed by atoms with Gasteiger partial charge in [0.2, 0.25) is 0 Å². The van der Waals surface area contributed by atoms with Gasteiger partial charge in [0.05, 0.1) is 11.0 Å². The summed E-state index contributed by atoms with van der Waals surface area (Å²) in [6, 6.07) is 9.41. The van der Waals surface area contributed by atoms with Crippen molar-refractivity contribution in [3.63, 3.8) is 0 Å². The molecule has 1 amide bonds. The van der Waals surface area contributed by atoms with Crippen molar-refractivity contribution in [1.29, 1.82) is 0 Å². The minimum atomic E-state index is -0.487. The number of nitrogens with one attached hydrogen (secondary N) is 1. The fourth-order valence-electron chi connectivity index (χ4n) is 1.70. The third-order valence-electron chi connectivity index (χ3n) is 2.76. The van der Waals surface area contributed by atoms with Gasteiger partial charge in [-0.2, -0.15) is 0 Å². The van der Waals surface area contributed by atoms with Crippen LogP contribution in [-0.4, -0.2) is 17.4 Å². The number of hydrogen-bond acceptors (Lipinski definition) is 5. The zero-order chi connectivity index (χ0) is 15.2. The second kappa shape index (κ2) is 6.85. The maximum atomic E-state index is 11.8. The minimum Gasteiger partial charge on any atom is -0.484 e. The molecule has 2 rings (SSSR count). The molecule has 6 nitrogen and oxygen atoms in total. The minimum absolute atomic E-state index is 0.0156. The molecule has 0 bridgehead atoms. The molecule has 1 heterocycles. The summed E-state index contributed by atoms with van der Waals surface area (Å²) in [5.41, 5.74) is -0.0156. The average Bonchev–Trinajstić information content (AvgIpc) is 3.00. The van der Waals surface area contributed by atoms with Crippen LogP contribution in [0.5, 0.6) is 5.75 Å². The van der Waals surface area contributed by atoms with Crippen LogP contribution in [0.4, 0.5) is 5.69 Å². The number of thiophene rings is 1. The van der Waals surface area contributed by atoms with Gasteiger partial charge >= 0.3 is 0 Å². The van der Waals surface area contributed by atoms with Crippen molar-refractivity contribution in [3.8, 4) is 5.75 Å². The number of nitro benzene ring substituents is 1. The predicted octanol–water partition coefficient (Wildman–Crippen LogP) is 2.91. The van der Waals surface area contributed by atoms with E-state index in [0.29, 0.717) is 5.75 Å². The van der Waals surface area contributed by atoms with Crippen molar-refractivity contribution < 1.29 is 14.5 Å². The Balaban J connectivity index is 1.82. The van der Waals surface area contributed by atoms with Gasteiger partial charge in [-0.1, -0.05) is 6.07 Å². The zero-order valence-electron chi connectivity index (χ0n) is 11.3. The molecule has 1 aromatic heterocycles. The molecule has 0 aliphatic rings. The zero-order valence-corrected chi connectivity index (χ0v) is 12.1. The highest BCUT2D eigenvalue weighted by Gasteiger charge is 2.11. The molecule has 110 valence electrons. The normalized spacial score (nSPS) is 11.7. The Hall–Kier alpha value is -2.41. The lowest BCUT2D eigenvalue weighted by molar-refractivity contribution is -0.384. The molecule has 7 heteroatoms. The Kier molecular flexibility index (Phi) is 4.89. The van der Waals surface area contributed by atoms with Gasteiger partial charge in [0.15, 0.2) is 6.61 Å². The molecule has 0 aliphatic carbocycles. The maximum Gasteiger partial charge on any atom is 0.269 e. The fourth-order valence-corrected chi connectivity index (χ4v) is 2.44. The molecule has 1 atom stereocenters. The molecular formula is C14H14N2O4S. The Morgan fingerprint density at radius 3 is 2.67 bits per heavy atom. The van der Waals surface area contributed by atoms with Crippen LogP contribution in [-0.2, 0) is 4.79 Å². The molecule has 21 heavy (non-hydrogen) atoms. The second-order valence-corrected chi connectivity index (χ2v) is 5.32. The van der Waals surface area contributed by atoms with Crippen LogP contribution in [0.2, 0.25) is 0 Å². The van der Waals surface area contributed by atoms with Gasteiger partial charge in [0.25, 0.3) is 11.6 Å². The molecule has 2 aromatic rings. The van der Waals surface area contributed by atoms with Gasteiger partial charge in [-0.05, 0) is 30.5 Å². The van der Waals surface area contributed by atoms with E-state index in [0.717, 1.165) is 4.88 Å². The number of non-ortho nitro benzene ring substituents is 1. The van der Waals surface area contributed by atoms with E-state index < -0.39 is 4.92 Å². The number of amides is 1. The number of hydrogen-bond donors (Lipinski definition) is 1. The molecule has 0 aliphatic heterocycles. The van der Waals surface area contributed by atoms with Gasteiger partial charge in [-0.15, -0.1) is 11.3 Å². The number of carbonyl (C=O) groups excluding carboxylic acids is 1. The highest BCUT2D eigenvalue weighted by atomic mass is 32.1. The standard InChI is InChI=1S/C14H14N2O4S/c1-10(13-3-2-8-21-13)15-14(17)9-20-12-6-4-11(5-7-12)16(18)19/h2-8,10H,9H2,1H3,(H,15,17)/t10-/m0/s1. The van der Waals surface area contributed by atoms with Crippen LogP contribution in [0.25, 0.3) is 0 Å². The number of ether oxygens (including phenoxy) is 1. The van der Waals surface area contributed by atoms with E-state index in [4.69, 9.17) is 4.74 Å². The first-order valence-electron chi connectivity index (χ1n) is 6.26. The maximum absolute atomic E-state index is 11.8. The highest BCUT2D eigenvalue weighted by Crippen LogP contribution is 2.19. The van der Waals surface area contributed by atoms with E-state index in [1.807, 2.05) is 24.4 Å². The van der Waals surface area contributed by atoms with Crippen molar-refractivity contribution in [2.45, 2.75) is 13.0 Å². The smallest absolute Gasteiger partial charge is 0.269 e. The summed E-state index contributed by atoms with van der Waals surface area (Å²) in [6.45, 7) is 1.77. The Labute approximate surface area is 125 Å². The summed E-state index contributed by atoms with van der Waals surface area (Å²) < 4.78 is 5.29. The summed E-state index contributed by atoms with van der Waals surface area (Å²) in [5, 5.41) is 15.3. The molecule has 0 radical (unpaired) electrons. The largest absolute Gasteiger partial charge is 0.484 e. The predicted molar refractivity (Wildman–Crippen MR) is 79.5 cm³/mol. The van der Waals surface area contributed by atoms with Crippen LogP contribution in [0.1, 0.15) is 17.8 Å². The van der Waals surface area contributed by atoms with Gasteiger partial charge in [-0.25, -0.2) is 0 Å². The fraction of sp³-hybridized carbons (Fsp3) is 0.214. The van der Waals surface area contributed by atoms with E-state index in [9.17, 15) is 14.9 Å². The number of nitrogens with zero attached hydrogens (tertiary/aromatic N) is 1.